The second kappa shape index (κ2) is 2.30. The van der Waals surface area contributed by atoms with Gasteiger partial charge in [-0.15, -0.1) is 0 Å². The van der Waals surface area contributed by atoms with Crippen molar-refractivity contribution in [2.75, 3.05) is 0 Å². The van der Waals surface area contributed by atoms with Crippen LogP contribution in [-0.2, 0) is 0 Å². The Morgan fingerprint density at radius 1 is 1.67 bits per heavy atom. The van der Waals surface area contributed by atoms with E-state index in [1.165, 1.54) is 0 Å². The lowest BCUT2D eigenvalue weighted by Crippen LogP contribution is -1.99. The molecule has 0 radical (unpaired) electrons. The molecule has 1 aromatic rings. The first-order valence-corrected chi connectivity index (χ1v) is 3.67. The Balaban J connectivity index is 2.39. The predicted molar refractivity (Wildman–Crippen MR) is 37.5 cm³/mol. The van der Waals surface area contributed by atoms with Crippen LogP contribution in [0.2, 0.25) is 0 Å². The maximum atomic E-state index is 13.1. The fourth-order valence-electron chi connectivity index (χ4n) is 1.13. The van der Waals surface area contributed by atoms with Gasteiger partial charge in [-0.1, -0.05) is 0 Å². The van der Waals surface area contributed by atoms with Crippen LogP contribution < -0.4 is 0 Å². The summed E-state index contributed by atoms with van der Waals surface area (Å²) < 4.78 is 13.1. The lowest BCUT2D eigenvalue weighted by Gasteiger charge is -1.89. The van der Waals surface area contributed by atoms with Crippen molar-refractivity contribution in [3.8, 4) is 0 Å². The minimum absolute atomic E-state index is 0.158. The molecular weight excluding hydrogens is 163 g/mol. The van der Waals surface area contributed by atoms with E-state index in [0.29, 0.717) is 5.69 Å². The zero-order valence-electron chi connectivity index (χ0n) is 6.17. The van der Waals surface area contributed by atoms with Crippen molar-refractivity contribution in [3.05, 3.63) is 17.2 Å². The maximum absolute atomic E-state index is 13.1. The van der Waals surface area contributed by atoms with Crippen molar-refractivity contribution < 1.29 is 14.3 Å². The molecule has 1 heterocycles. The molecule has 1 aliphatic carbocycles. The molecule has 0 aliphatic heterocycles. The molecule has 1 saturated carbocycles. The fraction of sp³-hybridized carbons (Fsp3) is 0.429. The van der Waals surface area contributed by atoms with Gasteiger partial charge in [0.1, 0.15) is 0 Å². The van der Waals surface area contributed by atoms with Crippen LogP contribution >= 0.6 is 0 Å². The number of hydrogen-bond acceptors (Lipinski definition) is 2. The molecule has 0 bridgehead atoms. The summed E-state index contributed by atoms with van der Waals surface area (Å²) in [5, 5.41) is 14.2. The van der Waals surface area contributed by atoms with E-state index in [2.05, 4.69) is 10.2 Å². The van der Waals surface area contributed by atoms with Gasteiger partial charge in [-0.05, 0) is 12.8 Å². The van der Waals surface area contributed by atoms with Crippen molar-refractivity contribution in [2.24, 2.45) is 0 Å². The summed E-state index contributed by atoms with van der Waals surface area (Å²) in [6.45, 7) is 0. The summed E-state index contributed by atoms with van der Waals surface area (Å²) >= 11 is 0. The largest absolute Gasteiger partial charge is 0.476 e. The van der Waals surface area contributed by atoms with Crippen LogP contribution in [0.15, 0.2) is 0 Å². The first kappa shape index (κ1) is 7.27. The third-order valence-electron chi connectivity index (χ3n) is 1.92. The number of aromatic amines is 1. The van der Waals surface area contributed by atoms with E-state index in [1.807, 2.05) is 0 Å². The summed E-state index contributed by atoms with van der Waals surface area (Å²) in [7, 11) is 0. The number of carboxylic acids is 1. The predicted octanol–water partition coefficient (Wildman–Crippen LogP) is 1.12. The highest BCUT2D eigenvalue weighted by Gasteiger charge is 2.31. The van der Waals surface area contributed by atoms with Crippen LogP contribution in [0.3, 0.4) is 0 Å². The van der Waals surface area contributed by atoms with Crippen LogP contribution in [0.4, 0.5) is 4.39 Å². The van der Waals surface area contributed by atoms with E-state index in [4.69, 9.17) is 5.11 Å². The Kier molecular flexibility index (Phi) is 1.39. The van der Waals surface area contributed by atoms with E-state index in [-0.39, 0.29) is 5.92 Å². The van der Waals surface area contributed by atoms with Crippen molar-refractivity contribution in [1.29, 1.82) is 0 Å². The highest BCUT2D eigenvalue weighted by molar-refractivity contribution is 5.85. The molecule has 12 heavy (non-hydrogen) atoms. The Morgan fingerprint density at radius 3 is 2.75 bits per heavy atom. The van der Waals surface area contributed by atoms with Crippen LogP contribution in [0.25, 0.3) is 0 Å². The van der Waals surface area contributed by atoms with Gasteiger partial charge in [-0.3, -0.25) is 5.10 Å². The molecule has 4 nitrogen and oxygen atoms in total. The Hall–Kier alpha value is -1.39. The van der Waals surface area contributed by atoms with E-state index in [0.717, 1.165) is 12.8 Å². The molecule has 0 amide bonds. The molecular formula is C7H7FN2O2. The van der Waals surface area contributed by atoms with E-state index in [9.17, 15) is 9.18 Å². The van der Waals surface area contributed by atoms with Crippen LogP contribution in [-0.4, -0.2) is 21.3 Å². The molecule has 0 spiro atoms. The second-order valence-corrected chi connectivity index (χ2v) is 2.88. The lowest BCUT2D eigenvalue weighted by atomic mass is 10.2. The molecule has 5 heteroatoms. The number of nitrogens with zero attached hydrogens (tertiary/aromatic N) is 1. The maximum Gasteiger partial charge on any atom is 0.359 e. The Bertz CT molecular complexity index is 330. The Morgan fingerprint density at radius 2 is 2.33 bits per heavy atom. The van der Waals surface area contributed by atoms with Gasteiger partial charge in [0.05, 0.1) is 5.69 Å². The molecule has 0 atom stereocenters. The van der Waals surface area contributed by atoms with Crippen LogP contribution in [0, 0.1) is 5.82 Å². The topological polar surface area (TPSA) is 66.0 Å². The van der Waals surface area contributed by atoms with Crippen molar-refractivity contribution >= 4 is 5.97 Å². The van der Waals surface area contributed by atoms with Crippen molar-refractivity contribution in [3.63, 3.8) is 0 Å². The van der Waals surface area contributed by atoms with E-state index >= 15 is 0 Å². The number of carboxylic acid groups (broad SMARTS) is 1. The number of halogens is 1. The summed E-state index contributed by atoms with van der Waals surface area (Å²) in [4.78, 5) is 10.4. The minimum atomic E-state index is -1.32. The zero-order chi connectivity index (χ0) is 8.72. The molecule has 0 saturated heterocycles. The summed E-state index contributed by atoms with van der Waals surface area (Å²) in [5.41, 5.74) is -0.163. The first-order valence-electron chi connectivity index (χ1n) is 3.67. The van der Waals surface area contributed by atoms with Crippen molar-refractivity contribution in [1.82, 2.24) is 10.2 Å². The Labute approximate surface area is 67.4 Å². The fourth-order valence-corrected chi connectivity index (χ4v) is 1.13. The number of aromatic nitrogens is 2. The number of nitrogens with one attached hydrogen (secondary N) is 1. The SMILES string of the molecule is O=C(O)c1n[nH]c(C2CC2)c1F. The van der Waals surface area contributed by atoms with Gasteiger partial charge in [-0.2, -0.15) is 5.10 Å². The molecule has 2 N–H and O–H groups in total. The molecule has 2 rings (SSSR count). The van der Waals surface area contributed by atoms with Gasteiger partial charge in [0, 0.05) is 5.92 Å². The summed E-state index contributed by atoms with van der Waals surface area (Å²) in [6, 6.07) is 0. The average molecular weight is 170 g/mol. The molecule has 64 valence electrons. The van der Waals surface area contributed by atoms with Gasteiger partial charge < -0.3 is 5.11 Å². The number of H-pyrrole nitrogens is 1. The lowest BCUT2D eigenvalue weighted by molar-refractivity contribution is 0.0685. The second-order valence-electron chi connectivity index (χ2n) is 2.88. The van der Waals surface area contributed by atoms with Crippen LogP contribution in [0.5, 0.6) is 0 Å². The van der Waals surface area contributed by atoms with Gasteiger partial charge in [0.15, 0.2) is 5.82 Å². The quantitative estimate of drug-likeness (QED) is 0.699. The minimum Gasteiger partial charge on any atom is -0.476 e. The number of aromatic carboxylic acids is 1. The number of hydrogen-bond donors (Lipinski definition) is 2. The highest BCUT2D eigenvalue weighted by atomic mass is 19.1. The molecule has 0 unspecified atom stereocenters. The van der Waals surface area contributed by atoms with Gasteiger partial charge in [-0.25, -0.2) is 9.18 Å². The molecule has 1 aliphatic rings. The van der Waals surface area contributed by atoms with E-state index in [1.54, 1.807) is 0 Å². The molecule has 0 aromatic carbocycles. The first-order chi connectivity index (χ1) is 5.70. The highest BCUT2D eigenvalue weighted by Crippen LogP contribution is 2.40. The summed E-state index contributed by atoms with van der Waals surface area (Å²) in [5.74, 6) is -1.87. The smallest absolute Gasteiger partial charge is 0.359 e. The number of carbonyl (C=O) groups is 1. The summed E-state index contributed by atoms with van der Waals surface area (Å²) in [6.07, 6.45) is 1.83. The monoisotopic (exact) mass is 170 g/mol. The number of rotatable bonds is 2. The molecule has 1 fully saturated rings. The normalized spacial score (nSPS) is 16.4. The van der Waals surface area contributed by atoms with Crippen LogP contribution in [0.1, 0.15) is 34.9 Å². The zero-order valence-corrected chi connectivity index (χ0v) is 6.17. The van der Waals surface area contributed by atoms with Gasteiger partial charge in [0.2, 0.25) is 5.69 Å². The molecule has 1 aromatic heterocycles. The third kappa shape index (κ3) is 0.975. The third-order valence-corrected chi connectivity index (χ3v) is 1.92. The average Bonchev–Trinajstić information content (AvgIpc) is 2.75. The van der Waals surface area contributed by atoms with Gasteiger partial charge in [0.25, 0.3) is 0 Å². The van der Waals surface area contributed by atoms with Crippen molar-refractivity contribution in [2.45, 2.75) is 18.8 Å². The van der Waals surface area contributed by atoms with E-state index < -0.39 is 17.5 Å². The standard InChI is InChI=1S/C7H7FN2O2/c8-4-5(3-1-2-3)9-10-6(4)7(11)12/h3H,1-2H2,(H,9,10)(H,11,12). The van der Waals surface area contributed by atoms with Gasteiger partial charge >= 0.3 is 5.97 Å².